The molecule has 0 spiro atoms. The average Bonchev–Trinajstić information content (AvgIpc) is 2.24. The lowest BCUT2D eigenvalue weighted by Gasteiger charge is -2.32. The first-order valence-corrected chi connectivity index (χ1v) is 8.06. The van der Waals surface area contributed by atoms with Crippen molar-refractivity contribution in [3.05, 3.63) is 0 Å². The molecule has 0 aromatic rings. The molecule has 0 aliphatic carbocycles. The first-order valence-electron chi connectivity index (χ1n) is 6.17. The molecule has 1 amide bonds. The number of amides is 1. The topological polar surface area (TPSA) is 66.5 Å². The molecule has 1 N–H and O–H groups in total. The first kappa shape index (κ1) is 14.4. The molecule has 1 fully saturated rings. The van der Waals surface area contributed by atoms with Gasteiger partial charge < -0.3 is 4.90 Å². The molecule has 1 rings (SSSR count). The molecule has 1 atom stereocenters. The third-order valence-corrected chi connectivity index (χ3v) is 3.66. The molecular formula is C11H22N2O3S. The van der Waals surface area contributed by atoms with Gasteiger partial charge in [-0.2, -0.15) is 0 Å². The third-order valence-electron chi connectivity index (χ3n) is 2.90. The van der Waals surface area contributed by atoms with Crippen LogP contribution in [0.3, 0.4) is 0 Å². The van der Waals surface area contributed by atoms with Gasteiger partial charge in [-0.25, -0.2) is 13.1 Å². The van der Waals surface area contributed by atoms with Gasteiger partial charge in [-0.15, -0.1) is 0 Å². The highest BCUT2D eigenvalue weighted by Gasteiger charge is 2.24. The summed E-state index contributed by atoms with van der Waals surface area (Å²) >= 11 is 0. The number of piperidine rings is 1. The maximum absolute atomic E-state index is 11.8. The summed E-state index contributed by atoms with van der Waals surface area (Å²) in [4.78, 5) is 13.6. The van der Waals surface area contributed by atoms with E-state index in [1.807, 2.05) is 0 Å². The van der Waals surface area contributed by atoms with Crippen molar-refractivity contribution in [1.82, 2.24) is 9.62 Å². The number of likely N-dealkylation sites (tertiary alicyclic amines) is 1. The van der Waals surface area contributed by atoms with E-state index in [1.54, 1.807) is 4.90 Å². The molecule has 100 valence electrons. The zero-order chi connectivity index (χ0) is 12.9. The molecule has 0 saturated carbocycles. The molecule has 0 aromatic carbocycles. The molecule has 1 heterocycles. The number of carbonyl (C=O) groups is 1. The zero-order valence-electron chi connectivity index (χ0n) is 10.6. The summed E-state index contributed by atoms with van der Waals surface area (Å²) in [5.41, 5.74) is 0. The van der Waals surface area contributed by atoms with Crippen LogP contribution in [0.25, 0.3) is 0 Å². The van der Waals surface area contributed by atoms with Gasteiger partial charge >= 0.3 is 0 Å². The molecule has 0 unspecified atom stereocenters. The number of sulfonamides is 1. The molecule has 5 nitrogen and oxygen atoms in total. The number of unbranched alkanes of at least 4 members (excludes halogenated alkanes) is 1. The van der Waals surface area contributed by atoms with Crippen molar-refractivity contribution in [2.45, 2.75) is 45.1 Å². The minimum atomic E-state index is -3.18. The van der Waals surface area contributed by atoms with Crippen molar-refractivity contribution >= 4 is 15.9 Å². The van der Waals surface area contributed by atoms with Crippen molar-refractivity contribution in [3.8, 4) is 0 Å². The number of nitrogens with zero attached hydrogens (tertiary/aromatic N) is 1. The van der Waals surface area contributed by atoms with E-state index in [1.165, 1.54) is 0 Å². The Morgan fingerprint density at radius 3 is 2.76 bits per heavy atom. The summed E-state index contributed by atoms with van der Waals surface area (Å²) in [6, 6.07) is -0.121. The van der Waals surface area contributed by atoms with Crippen LogP contribution in [0.1, 0.15) is 39.0 Å². The van der Waals surface area contributed by atoms with Crippen LogP contribution in [0.4, 0.5) is 0 Å². The predicted octanol–water partition coefficient (Wildman–Crippen LogP) is 0.717. The van der Waals surface area contributed by atoms with E-state index in [0.717, 1.165) is 38.5 Å². The Morgan fingerprint density at radius 1 is 1.47 bits per heavy atom. The fraction of sp³-hybridized carbons (Fsp3) is 0.909. The van der Waals surface area contributed by atoms with Gasteiger partial charge in [-0.1, -0.05) is 13.3 Å². The number of nitrogens with one attached hydrogen (secondary N) is 1. The van der Waals surface area contributed by atoms with Gasteiger partial charge in [-0.3, -0.25) is 4.79 Å². The Hall–Kier alpha value is -0.620. The van der Waals surface area contributed by atoms with Gasteiger partial charge in [0, 0.05) is 25.6 Å². The van der Waals surface area contributed by atoms with Crippen molar-refractivity contribution in [2.24, 2.45) is 0 Å². The van der Waals surface area contributed by atoms with Gasteiger partial charge in [0.1, 0.15) is 0 Å². The monoisotopic (exact) mass is 262 g/mol. The molecule has 17 heavy (non-hydrogen) atoms. The van der Waals surface area contributed by atoms with Gasteiger partial charge in [-0.05, 0) is 19.3 Å². The van der Waals surface area contributed by atoms with Crippen molar-refractivity contribution in [2.75, 3.05) is 19.3 Å². The van der Waals surface area contributed by atoms with Crippen LogP contribution >= 0.6 is 0 Å². The lowest BCUT2D eigenvalue weighted by molar-refractivity contribution is -0.132. The molecule has 1 saturated heterocycles. The third kappa shape index (κ3) is 5.50. The lowest BCUT2D eigenvalue weighted by atomic mass is 10.1. The van der Waals surface area contributed by atoms with Crippen LogP contribution < -0.4 is 4.72 Å². The van der Waals surface area contributed by atoms with Crippen LogP contribution in [-0.4, -0.2) is 44.6 Å². The second-order valence-corrected chi connectivity index (χ2v) is 6.45. The van der Waals surface area contributed by atoms with E-state index >= 15 is 0 Å². The molecule has 1 aliphatic rings. The highest BCUT2D eigenvalue weighted by molar-refractivity contribution is 7.88. The summed E-state index contributed by atoms with van der Waals surface area (Å²) in [6.07, 6.45) is 5.31. The second-order valence-electron chi connectivity index (χ2n) is 4.67. The molecule has 0 bridgehead atoms. The zero-order valence-corrected chi connectivity index (χ0v) is 11.4. The van der Waals surface area contributed by atoms with E-state index in [4.69, 9.17) is 0 Å². The Balaban J connectivity index is 2.46. The number of rotatable bonds is 5. The Kier molecular flexibility index (Phi) is 5.39. The molecule has 6 heteroatoms. The molecule has 1 aliphatic heterocycles. The number of carbonyl (C=O) groups excluding carboxylic acids is 1. The first-order chi connectivity index (χ1) is 7.92. The van der Waals surface area contributed by atoms with Crippen LogP contribution in [-0.2, 0) is 14.8 Å². The summed E-state index contributed by atoms with van der Waals surface area (Å²) in [5, 5.41) is 0. The van der Waals surface area contributed by atoms with Crippen LogP contribution in [0.5, 0.6) is 0 Å². The van der Waals surface area contributed by atoms with Crippen molar-refractivity contribution in [1.29, 1.82) is 0 Å². The van der Waals surface area contributed by atoms with Crippen LogP contribution in [0, 0.1) is 0 Å². The van der Waals surface area contributed by atoms with E-state index in [9.17, 15) is 13.2 Å². The van der Waals surface area contributed by atoms with Crippen molar-refractivity contribution < 1.29 is 13.2 Å². The largest absolute Gasteiger partial charge is 0.341 e. The smallest absolute Gasteiger partial charge is 0.222 e. The summed E-state index contributed by atoms with van der Waals surface area (Å²) in [5.74, 6) is 0.145. The maximum Gasteiger partial charge on any atom is 0.222 e. The van der Waals surface area contributed by atoms with E-state index in [2.05, 4.69) is 11.6 Å². The number of hydrogen-bond donors (Lipinski definition) is 1. The SMILES string of the molecule is CCCCC(=O)N1CCC[C@H](NS(C)(=O)=O)C1. The molecule has 0 radical (unpaired) electrons. The van der Waals surface area contributed by atoms with Gasteiger partial charge in [0.2, 0.25) is 15.9 Å². The van der Waals surface area contributed by atoms with Crippen molar-refractivity contribution in [3.63, 3.8) is 0 Å². The van der Waals surface area contributed by atoms with Gasteiger partial charge in [0.25, 0.3) is 0 Å². The summed E-state index contributed by atoms with van der Waals surface area (Å²) in [7, 11) is -3.18. The van der Waals surface area contributed by atoms with Gasteiger partial charge in [0.15, 0.2) is 0 Å². The van der Waals surface area contributed by atoms with E-state index < -0.39 is 10.0 Å². The molecule has 0 aromatic heterocycles. The normalized spacial score (nSPS) is 21.5. The quantitative estimate of drug-likeness (QED) is 0.794. The maximum atomic E-state index is 11.8. The number of hydrogen-bond acceptors (Lipinski definition) is 3. The highest BCUT2D eigenvalue weighted by atomic mass is 32.2. The average molecular weight is 262 g/mol. The Bertz CT molecular complexity index is 354. The van der Waals surface area contributed by atoms with Crippen LogP contribution in [0.15, 0.2) is 0 Å². The van der Waals surface area contributed by atoms with Gasteiger partial charge in [0.05, 0.1) is 6.26 Å². The molecular weight excluding hydrogens is 240 g/mol. The second kappa shape index (κ2) is 6.35. The highest BCUT2D eigenvalue weighted by Crippen LogP contribution is 2.12. The predicted molar refractivity (Wildman–Crippen MR) is 67.1 cm³/mol. The fourth-order valence-corrected chi connectivity index (χ4v) is 2.89. The standard InChI is InChI=1S/C11H22N2O3S/c1-3-4-7-11(14)13-8-5-6-10(9-13)12-17(2,15)16/h10,12H,3-9H2,1-2H3/t10-/m0/s1. The lowest BCUT2D eigenvalue weighted by Crippen LogP contribution is -2.49. The van der Waals surface area contributed by atoms with E-state index in [0.29, 0.717) is 13.0 Å². The summed E-state index contributed by atoms with van der Waals surface area (Å²) < 4.78 is 24.8. The Labute approximate surface area is 104 Å². The van der Waals surface area contributed by atoms with Crippen LogP contribution in [0.2, 0.25) is 0 Å². The van der Waals surface area contributed by atoms with E-state index in [-0.39, 0.29) is 11.9 Å². The fourth-order valence-electron chi connectivity index (χ4n) is 2.09. The summed E-state index contributed by atoms with van der Waals surface area (Å²) in [6.45, 7) is 3.32. The minimum absolute atomic E-state index is 0.121. The Morgan fingerprint density at radius 2 is 2.18 bits per heavy atom. The minimum Gasteiger partial charge on any atom is -0.341 e.